The van der Waals surface area contributed by atoms with E-state index in [4.69, 9.17) is 0 Å². The molecule has 0 fully saturated rings. The number of rotatable bonds is 2. The zero-order valence-electron chi connectivity index (χ0n) is 11.7. The average Bonchev–Trinajstić information content (AvgIpc) is 2.37. The number of carbonyl (C=O) groups is 2. The van der Waals surface area contributed by atoms with Crippen molar-refractivity contribution in [2.24, 2.45) is 0 Å². The van der Waals surface area contributed by atoms with Crippen LogP contribution in [0.5, 0.6) is 0 Å². The molecule has 1 amide bonds. The fourth-order valence-corrected chi connectivity index (χ4v) is 1.35. The highest BCUT2D eigenvalue weighted by Gasteiger charge is 2.10. The van der Waals surface area contributed by atoms with Crippen molar-refractivity contribution in [1.82, 2.24) is 4.90 Å². The monoisotopic (exact) mass is 255 g/mol. The molecule has 0 radical (unpaired) electrons. The van der Waals surface area contributed by atoms with E-state index in [2.05, 4.69) is 11.8 Å². The van der Waals surface area contributed by atoms with E-state index in [1.54, 1.807) is 0 Å². The minimum Gasteiger partial charge on any atom is -0.342 e. The Hall–Kier alpha value is -2.34. The lowest BCUT2D eigenvalue weighted by atomic mass is 10.1. The molecule has 0 spiro atoms. The number of nitrogens with zero attached hydrogens (tertiary/aromatic N) is 1. The Morgan fingerprint density at radius 2 is 1.84 bits per heavy atom. The zero-order chi connectivity index (χ0) is 14.4. The Balaban J connectivity index is 2.72. The van der Waals surface area contributed by atoms with Crippen LogP contribution in [0.15, 0.2) is 30.4 Å². The van der Waals surface area contributed by atoms with E-state index >= 15 is 0 Å². The summed E-state index contributed by atoms with van der Waals surface area (Å²) in [5.74, 6) is 4.55. The number of hydrogen-bond donors (Lipinski definition) is 0. The number of aryl methyl sites for hydroxylation is 2. The highest BCUT2D eigenvalue weighted by molar-refractivity contribution is 6.40. The molecule has 19 heavy (non-hydrogen) atoms. The van der Waals surface area contributed by atoms with Gasteiger partial charge in [0.25, 0.3) is 5.91 Å². The molecule has 0 aromatic heterocycles. The van der Waals surface area contributed by atoms with Crippen LogP contribution >= 0.6 is 0 Å². The van der Waals surface area contributed by atoms with Crippen LogP contribution in [0.3, 0.4) is 0 Å². The van der Waals surface area contributed by atoms with E-state index in [0.717, 1.165) is 5.56 Å². The van der Waals surface area contributed by atoms with Crippen LogP contribution in [-0.4, -0.2) is 30.7 Å². The molecule has 0 saturated carbocycles. The summed E-state index contributed by atoms with van der Waals surface area (Å²) in [6.07, 6.45) is 2.59. The Morgan fingerprint density at radius 3 is 2.42 bits per heavy atom. The molecule has 1 aromatic rings. The molecule has 3 nitrogen and oxygen atoms in total. The molecule has 0 aliphatic carbocycles. The minimum absolute atomic E-state index is 0.552. The first kappa shape index (κ1) is 14.7. The number of likely N-dealkylation sites (N-methyl/N-ethyl adjacent to an activating group) is 1. The van der Waals surface area contributed by atoms with Crippen LogP contribution in [0, 0.1) is 25.7 Å². The van der Waals surface area contributed by atoms with Crippen molar-refractivity contribution in [3.8, 4) is 11.8 Å². The fraction of sp³-hybridized carbons (Fsp3) is 0.250. The summed E-state index contributed by atoms with van der Waals surface area (Å²) < 4.78 is 0. The van der Waals surface area contributed by atoms with Crippen molar-refractivity contribution >= 4 is 11.7 Å². The summed E-state index contributed by atoms with van der Waals surface area (Å²) in [6, 6.07) is 5.92. The molecule has 0 saturated heterocycles. The lowest BCUT2D eigenvalue weighted by Crippen LogP contribution is -2.28. The summed E-state index contributed by atoms with van der Waals surface area (Å²) in [7, 11) is 3.07. The average molecular weight is 255 g/mol. The Kier molecular flexibility index (Phi) is 5.08. The second-order valence-corrected chi connectivity index (χ2v) is 4.47. The predicted octanol–water partition coefficient (Wildman–Crippen LogP) is 1.87. The maximum absolute atomic E-state index is 11.3. The van der Waals surface area contributed by atoms with Crippen LogP contribution in [0.25, 0.3) is 0 Å². The number of ketones is 1. The molecular weight excluding hydrogens is 238 g/mol. The van der Waals surface area contributed by atoms with Gasteiger partial charge in [-0.25, -0.2) is 0 Å². The maximum Gasteiger partial charge on any atom is 0.293 e. The first-order valence-electron chi connectivity index (χ1n) is 5.92. The van der Waals surface area contributed by atoms with Crippen LogP contribution in [0.1, 0.15) is 16.7 Å². The van der Waals surface area contributed by atoms with Gasteiger partial charge in [-0.1, -0.05) is 17.9 Å². The summed E-state index contributed by atoms with van der Waals surface area (Å²) in [6.45, 7) is 4.06. The number of allylic oxidation sites excluding steroid dienone is 1. The number of carbonyl (C=O) groups excluding carboxylic acids is 2. The van der Waals surface area contributed by atoms with Crippen LogP contribution in [0.4, 0.5) is 0 Å². The van der Waals surface area contributed by atoms with Crippen LogP contribution < -0.4 is 0 Å². The third-order valence-electron chi connectivity index (χ3n) is 2.66. The SMILES string of the molecule is Cc1ccc(C#C/C=C/C(=O)C(=O)N(C)C)cc1C. The summed E-state index contributed by atoms with van der Waals surface area (Å²) >= 11 is 0. The van der Waals surface area contributed by atoms with Gasteiger partial charge in [-0.2, -0.15) is 0 Å². The maximum atomic E-state index is 11.3. The minimum atomic E-state index is -0.570. The zero-order valence-corrected chi connectivity index (χ0v) is 11.7. The van der Waals surface area contributed by atoms with E-state index in [-0.39, 0.29) is 0 Å². The second kappa shape index (κ2) is 6.55. The first-order valence-corrected chi connectivity index (χ1v) is 5.92. The Bertz CT molecular complexity index is 587. The van der Waals surface area contributed by atoms with Crippen molar-refractivity contribution in [1.29, 1.82) is 0 Å². The number of benzene rings is 1. The number of amides is 1. The van der Waals surface area contributed by atoms with Gasteiger partial charge in [0.1, 0.15) is 0 Å². The van der Waals surface area contributed by atoms with Gasteiger partial charge in [0.05, 0.1) is 0 Å². The van der Waals surface area contributed by atoms with E-state index in [9.17, 15) is 9.59 Å². The second-order valence-electron chi connectivity index (χ2n) is 4.47. The summed E-state index contributed by atoms with van der Waals surface area (Å²) in [5, 5.41) is 0. The highest BCUT2D eigenvalue weighted by atomic mass is 16.2. The molecule has 0 atom stereocenters. The van der Waals surface area contributed by atoms with E-state index in [0.29, 0.717) is 0 Å². The van der Waals surface area contributed by atoms with Crippen molar-refractivity contribution in [2.45, 2.75) is 13.8 Å². The molecule has 0 aliphatic rings. The van der Waals surface area contributed by atoms with Crippen LogP contribution in [-0.2, 0) is 9.59 Å². The summed E-state index contributed by atoms with van der Waals surface area (Å²) in [4.78, 5) is 23.9. The van der Waals surface area contributed by atoms with Gasteiger partial charge in [0.2, 0.25) is 5.78 Å². The number of hydrogen-bond acceptors (Lipinski definition) is 2. The van der Waals surface area contributed by atoms with Crippen molar-refractivity contribution in [3.05, 3.63) is 47.0 Å². The predicted molar refractivity (Wildman–Crippen MR) is 75.6 cm³/mol. The van der Waals surface area contributed by atoms with Gasteiger partial charge >= 0.3 is 0 Å². The van der Waals surface area contributed by atoms with Gasteiger partial charge in [-0.05, 0) is 49.3 Å². The molecule has 0 N–H and O–H groups in total. The fourth-order valence-electron chi connectivity index (χ4n) is 1.35. The molecule has 0 unspecified atom stereocenters. The van der Waals surface area contributed by atoms with Gasteiger partial charge in [-0.15, -0.1) is 0 Å². The largest absolute Gasteiger partial charge is 0.342 e. The quantitative estimate of drug-likeness (QED) is 0.459. The van der Waals surface area contributed by atoms with Crippen LogP contribution in [0.2, 0.25) is 0 Å². The van der Waals surface area contributed by atoms with E-state index in [1.807, 2.05) is 32.0 Å². The standard InChI is InChI=1S/C16H17NO2/c1-12-9-10-14(11-13(12)2)7-5-6-8-15(18)16(19)17(3)4/h6,8-11H,1-4H3/b8-6+. The van der Waals surface area contributed by atoms with Gasteiger partial charge < -0.3 is 4.90 Å². The normalized spacial score (nSPS) is 9.89. The van der Waals surface area contributed by atoms with Gasteiger partial charge in [0, 0.05) is 19.7 Å². The molecule has 1 aromatic carbocycles. The Morgan fingerprint density at radius 1 is 1.16 bits per heavy atom. The molecular formula is C16H17NO2. The molecule has 0 heterocycles. The molecule has 1 rings (SSSR count). The summed E-state index contributed by atoms with van der Waals surface area (Å²) in [5.41, 5.74) is 3.28. The lowest BCUT2D eigenvalue weighted by Gasteiger charge is -2.05. The smallest absolute Gasteiger partial charge is 0.293 e. The topological polar surface area (TPSA) is 37.4 Å². The Labute approximate surface area is 113 Å². The first-order chi connectivity index (χ1) is 8.91. The van der Waals surface area contributed by atoms with Gasteiger partial charge in [0.15, 0.2) is 0 Å². The van der Waals surface area contributed by atoms with E-state index in [1.165, 1.54) is 42.3 Å². The highest BCUT2D eigenvalue weighted by Crippen LogP contribution is 2.08. The molecule has 0 bridgehead atoms. The van der Waals surface area contributed by atoms with Gasteiger partial charge in [-0.3, -0.25) is 9.59 Å². The third-order valence-corrected chi connectivity index (χ3v) is 2.66. The van der Waals surface area contributed by atoms with Crippen molar-refractivity contribution in [3.63, 3.8) is 0 Å². The van der Waals surface area contributed by atoms with Crippen molar-refractivity contribution < 1.29 is 9.59 Å². The molecule has 98 valence electrons. The molecule has 3 heteroatoms. The lowest BCUT2D eigenvalue weighted by molar-refractivity contribution is -0.140. The van der Waals surface area contributed by atoms with E-state index < -0.39 is 11.7 Å². The molecule has 0 aliphatic heterocycles. The van der Waals surface area contributed by atoms with Crippen molar-refractivity contribution in [2.75, 3.05) is 14.1 Å². The third kappa shape index (κ3) is 4.44.